The Morgan fingerprint density at radius 1 is 1.29 bits per heavy atom. The highest BCUT2D eigenvalue weighted by molar-refractivity contribution is 7.80. The number of rotatable bonds is 4. The largest absolute Gasteiger partial charge is 0.487 e. The molecule has 0 aliphatic rings. The van der Waals surface area contributed by atoms with Crippen molar-refractivity contribution in [2.75, 3.05) is 6.61 Å². The Hall–Kier alpha value is -1.62. The third-order valence-electron chi connectivity index (χ3n) is 1.52. The molecule has 0 aromatic heterocycles. The van der Waals surface area contributed by atoms with Crippen molar-refractivity contribution in [3.63, 3.8) is 0 Å². The van der Waals surface area contributed by atoms with Crippen LogP contribution in [0.5, 0.6) is 5.75 Å². The number of hydrogen-bond acceptors (Lipinski definition) is 3. The van der Waals surface area contributed by atoms with Crippen molar-refractivity contribution in [1.29, 1.82) is 0 Å². The van der Waals surface area contributed by atoms with Crippen LogP contribution in [0.15, 0.2) is 24.3 Å². The maximum Gasteiger partial charge on any atom is 0.248 e. The van der Waals surface area contributed by atoms with E-state index >= 15 is 0 Å². The van der Waals surface area contributed by atoms with E-state index in [9.17, 15) is 4.79 Å². The van der Waals surface area contributed by atoms with Crippen LogP contribution in [0.2, 0.25) is 0 Å². The first-order chi connectivity index (χ1) is 6.59. The molecule has 0 aliphatic carbocycles. The van der Waals surface area contributed by atoms with Crippen LogP contribution < -0.4 is 16.2 Å². The maximum atomic E-state index is 10.7. The number of hydrogen-bond donors (Lipinski definition) is 2. The fraction of sp³-hybridized carbons (Fsp3) is 0.111. The van der Waals surface area contributed by atoms with E-state index in [0.717, 1.165) is 0 Å². The van der Waals surface area contributed by atoms with Crippen molar-refractivity contribution in [2.45, 2.75) is 0 Å². The summed E-state index contributed by atoms with van der Waals surface area (Å²) in [5, 5.41) is 0. The molecule has 0 saturated heterocycles. The van der Waals surface area contributed by atoms with Gasteiger partial charge in [0.1, 0.15) is 17.3 Å². The number of amides is 1. The van der Waals surface area contributed by atoms with Crippen LogP contribution in [0.4, 0.5) is 0 Å². The number of nitrogens with two attached hydrogens (primary N) is 2. The van der Waals surface area contributed by atoms with Crippen LogP contribution in [0.25, 0.3) is 0 Å². The van der Waals surface area contributed by atoms with E-state index in [-0.39, 0.29) is 11.6 Å². The van der Waals surface area contributed by atoms with Gasteiger partial charge in [0.15, 0.2) is 0 Å². The number of carbonyl (C=O) groups excluding carboxylic acids is 1. The first-order valence-corrected chi connectivity index (χ1v) is 4.31. The second-order valence-electron chi connectivity index (χ2n) is 2.64. The van der Waals surface area contributed by atoms with Crippen LogP contribution in [0.1, 0.15) is 10.4 Å². The minimum atomic E-state index is -0.467. The Morgan fingerprint density at radius 3 is 2.29 bits per heavy atom. The fourth-order valence-corrected chi connectivity index (χ4v) is 0.929. The zero-order valence-corrected chi connectivity index (χ0v) is 8.21. The van der Waals surface area contributed by atoms with Crippen molar-refractivity contribution in [3.8, 4) is 5.75 Å². The van der Waals surface area contributed by atoms with Gasteiger partial charge in [-0.05, 0) is 24.3 Å². The minimum absolute atomic E-state index is 0.186. The fourth-order valence-electron chi connectivity index (χ4n) is 0.870. The Morgan fingerprint density at radius 2 is 1.86 bits per heavy atom. The monoisotopic (exact) mass is 210 g/mol. The highest BCUT2D eigenvalue weighted by Gasteiger charge is 2.00. The molecule has 0 bridgehead atoms. The predicted molar refractivity (Wildman–Crippen MR) is 57.2 cm³/mol. The molecule has 5 heteroatoms. The van der Waals surface area contributed by atoms with Gasteiger partial charge in [-0.3, -0.25) is 4.79 Å². The summed E-state index contributed by atoms with van der Waals surface area (Å²) >= 11 is 4.64. The van der Waals surface area contributed by atoms with Crippen LogP contribution in [0, 0.1) is 0 Å². The summed E-state index contributed by atoms with van der Waals surface area (Å²) in [6.45, 7) is 0.186. The molecule has 0 heterocycles. The molecular formula is C9H10N2O2S. The highest BCUT2D eigenvalue weighted by atomic mass is 32.1. The zero-order valence-electron chi connectivity index (χ0n) is 7.40. The Kier molecular flexibility index (Phi) is 3.41. The molecule has 0 radical (unpaired) electrons. The molecule has 0 atom stereocenters. The summed E-state index contributed by atoms with van der Waals surface area (Å²) in [7, 11) is 0. The average Bonchev–Trinajstić information content (AvgIpc) is 2.15. The lowest BCUT2D eigenvalue weighted by Crippen LogP contribution is -2.17. The van der Waals surface area contributed by atoms with Crippen molar-refractivity contribution >= 4 is 23.1 Å². The van der Waals surface area contributed by atoms with Crippen LogP contribution >= 0.6 is 12.2 Å². The van der Waals surface area contributed by atoms with Gasteiger partial charge in [0.05, 0.1) is 0 Å². The van der Waals surface area contributed by atoms with E-state index in [1.165, 1.54) is 0 Å². The number of thiocarbonyl (C=S) groups is 1. The van der Waals surface area contributed by atoms with Crippen molar-refractivity contribution in [2.24, 2.45) is 11.5 Å². The van der Waals surface area contributed by atoms with Gasteiger partial charge in [-0.1, -0.05) is 12.2 Å². The maximum absolute atomic E-state index is 10.7. The van der Waals surface area contributed by atoms with Gasteiger partial charge >= 0.3 is 0 Å². The molecule has 0 unspecified atom stereocenters. The molecule has 0 fully saturated rings. The van der Waals surface area contributed by atoms with Gasteiger partial charge in [0, 0.05) is 5.56 Å². The summed E-state index contributed by atoms with van der Waals surface area (Å²) < 4.78 is 5.18. The SMILES string of the molecule is NC(=O)c1ccc(OCC(N)=S)cc1. The topological polar surface area (TPSA) is 78.3 Å². The molecule has 1 rings (SSSR count). The van der Waals surface area contributed by atoms with Gasteiger partial charge < -0.3 is 16.2 Å². The summed E-state index contributed by atoms with van der Waals surface area (Å²) in [4.78, 5) is 11.0. The second-order valence-corrected chi connectivity index (χ2v) is 3.17. The number of carbonyl (C=O) groups is 1. The lowest BCUT2D eigenvalue weighted by atomic mass is 10.2. The molecule has 14 heavy (non-hydrogen) atoms. The summed E-state index contributed by atoms with van der Waals surface area (Å²) in [5.41, 5.74) is 10.8. The van der Waals surface area contributed by atoms with E-state index in [2.05, 4.69) is 12.2 Å². The Balaban J connectivity index is 2.64. The summed E-state index contributed by atoms with van der Waals surface area (Å²) in [5.74, 6) is 0.133. The van der Waals surface area contributed by atoms with E-state index < -0.39 is 5.91 Å². The second kappa shape index (κ2) is 4.57. The molecule has 1 aromatic carbocycles. The van der Waals surface area contributed by atoms with E-state index in [0.29, 0.717) is 11.3 Å². The molecule has 0 saturated carbocycles. The van der Waals surface area contributed by atoms with Gasteiger partial charge in [-0.2, -0.15) is 0 Å². The highest BCUT2D eigenvalue weighted by Crippen LogP contribution is 2.11. The Bertz CT molecular complexity index is 348. The lowest BCUT2D eigenvalue weighted by molar-refractivity contribution is 0.100. The third kappa shape index (κ3) is 3.02. The van der Waals surface area contributed by atoms with Crippen LogP contribution in [-0.4, -0.2) is 17.5 Å². The molecule has 0 aliphatic heterocycles. The first-order valence-electron chi connectivity index (χ1n) is 3.90. The molecule has 4 N–H and O–H groups in total. The Labute approximate surface area is 86.8 Å². The van der Waals surface area contributed by atoms with Crippen LogP contribution in [0.3, 0.4) is 0 Å². The molecule has 4 nitrogen and oxygen atoms in total. The van der Waals surface area contributed by atoms with Crippen molar-refractivity contribution in [1.82, 2.24) is 0 Å². The summed E-state index contributed by atoms with van der Waals surface area (Å²) in [6.07, 6.45) is 0. The van der Waals surface area contributed by atoms with Gasteiger partial charge in [-0.25, -0.2) is 0 Å². The minimum Gasteiger partial charge on any atom is -0.487 e. The normalized spacial score (nSPS) is 9.43. The van der Waals surface area contributed by atoms with E-state index in [1.54, 1.807) is 24.3 Å². The molecular weight excluding hydrogens is 200 g/mol. The number of ether oxygens (including phenoxy) is 1. The predicted octanol–water partition coefficient (Wildman–Crippen LogP) is 0.450. The van der Waals surface area contributed by atoms with Gasteiger partial charge in [-0.15, -0.1) is 0 Å². The van der Waals surface area contributed by atoms with Gasteiger partial charge in [0.25, 0.3) is 0 Å². The van der Waals surface area contributed by atoms with Gasteiger partial charge in [0.2, 0.25) is 5.91 Å². The first kappa shape index (κ1) is 10.5. The lowest BCUT2D eigenvalue weighted by Gasteiger charge is -2.04. The smallest absolute Gasteiger partial charge is 0.248 e. The number of benzene rings is 1. The van der Waals surface area contributed by atoms with E-state index in [4.69, 9.17) is 16.2 Å². The van der Waals surface area contributed by atoms with Crippen LogP contribution in [-0.2, 0) is 0 Å². The van der Waals surface area contributed by atoms with Crippen molar-refractivity contribution < 1.29 is 9.53 Å². The quantitative estimate of drug-likeness (QED) is 0.707. The molecule has 1 amide bonds. The molecule has 74 valence electrons. The third-order valence-corrected chi connectivity index (χ3v) is 1.64. The molecule has 1 aromatic rings. The zero-order chi connectivity index (χ0) is 10.6. The summed E-state index contributed by atoms with van der Waals surface area (Å²) in [6, 6.07) is 6.44. The molecule has 0 spiro atoms. The standard InChI is InChI=1S/C9H10N2O2S/c10-8(14)5-13-7-3-1-6(2-4-7)9(11)12/h1-4H,5H2,(H2,10,14)(H2,11,12). The van der Waals surface area contributed by atoms with Crippen molar-refractivity contribution in [3.05, 3.63) is 29.8 Å². The van der Waals surface area contributed by atoms with E-state index in [1.807, 2.05) is 0 Å². The average molecular weight is 210 g/mol. The number of primary amides is 1.